The van der Waals surface area contributed by atoms with Gasteiger partial charge in [-0.25, -0.2) is 0 Å². The van der Waals surface area contributed by atoms with Crippen molar-refractivity contribution in [2.45, 2.75) is 6.17 Å². The van der Waals surface area contributed by atoms with Gasteiger partial charge in [-0.05, 0) is 48.5 Å². The fourth-order valence-corrected chi connectivity index (χ4v) is 3.89. The van der Waals surface area contributed by atoms with Crippen LogP contribution in [0.15, 0.2) is 65.1 Å². The minimum atomic E-state index is -0.641. The molecule has 4 rings (SSSR count). The molecule has 1 unspecified atom stereocenters. The summed E-state index contributed by atoms with van der Waals surface area (Å²) in [6, 6.07) is 18.0. The number of nitrogens with one attached hydrogen (secondary N) is 1. The molecule has 0 spiro atoms. The van der Waals surface area contributed by atoms with Crippen molar-refractivity contribution in [1.29, 1.82) is 0 Å². The van der Waals surface area contributed by atoms with Crippen molar-refractivity contribution in [2.24, 2.45) is 0 Å². The van der Waals surface area contributed by atoms with E-state index in [4.69, 9.17) is 9.47 Å². The Morgan fingerprint density at radius 3 is 2.45 bits per heavy atom. The lowest BCUT2D eigenvalue weighted by Gasteiger charge is -2.38. The number of phenols is 1. The molecule has 2 N–H and O–H groups in total. The average Bonchev–Trinajstić information content (AvgIpc) is 2.75. The first-order valence-corrected chi connectivity index (χ1v) is 9.72. The predicted octanol–water partition coefficient (Wildman–Crippen LogP) is 4.94. The van der Waals surface area contributed by atoms with Gasteiger partial charge in [0.15, 0.2) is 11.5 Å². The number of aromatic hydroxyl groups is 1. The van der Waals surface area contributed by atoms with Crippen LogP contribution in [0, 0.1) is 0 Å². The number of hydrogen-bond donors (Lipinski definition) is 2. The second-order valence-electron chi connectivity index (χ2n) is 6.51. The summed E-state index contributed by atoms with van der Waals surface area (Å²) in [5.41, 5.74) is 2.43. The molecule has 148 valence electrons. The van der Waals surface area contributed by atoms with E-state index in [1.807, 2.05) is 30.3 Å². The fraction of sp³-hybridized carbons (Fsp3) is 0.136. The summed E-state index contributed by atoms with van der Waals surface area (Å²) in [6.07, 6.45) is -0.641. The number of rotatable bonds is 4. The summed E-state index contributed by atoms with van der Waals surface area (Å²) in [6.45, 7) is 0. The third kappa shape index (κ3) is 3.38. The van der Waals surface area contributed by atoms with Crippen LogP contribution in [0.2, 0.25) is 0 Å². The third-order valence-corrected chi connectivity index (χ3v) is 5.32. The quantitative estimate of drug-likeness (QED) is 0.583. The highest BCUT2D eigenvalue weighted by Crippen LogP contribution is 2.43. The number of amides is 1. The Morgan fingerprint density at radius 1 is 1.03 bits per heavy atom. The maximum Gasteiger partial charge on any atom is 0.262 e. The molecule has 0 saturated carbocycles. The van der Waals surface area contributed by atoms with Gasteiger partial charge in [0.25, 0.3) is 5.91 Å². The molecular weight excluding hydrogens is 436 g/mol. The summed E-state index contributed by atoms with van der Waals surface area (Å²) >= 11 is 3.46. The molecule has 0 aromatic heterocycles. The van der Waals surface area contributed by atoms with E-state index in [2.05, 4.69) is 21.2 Å². The van der Waals surface area contributed by atoms with E-state index >= 15 is 0 Å². The van der Waals surface area contributed by atoms with Crippen molar-refractivity contribution in [2.75, 3.05) is 24.4 Å². The fourth-order valence-electron chi connectivity index (χ4n) is 3.44. The zero-order valence-corrected chi connectivity index (χ0v) is 17.4. The highest BCUT2D eigenvalue weighted by Gasteiger charge is 2.36. The molecular formula is C22H19BrN2O4. The smallest absolute Gasteiger partial charge is 0.262 e. The van der Waals surface area contributed by atoms with Crippen LogP contribution < -0.4 is 19.7 Å². The number of para-hydroxylation sites is 1. The molecule has 0 aliphatic carbocycles. The topological polar surface area (TPSA) is 71.0 Å². The van der Waals surface area contributed by atoms with Crippen LogP contribution in [0.25, 0.3) is 0 Å². The molecule has 3 aromatic rings. The first-order chi connectivity index (χ1) is 14.0. The third-order valence-electron chi connectivity index (χ3n) is 4.86. The Kier molecular flexibility index (Phi) is 5.07. The van der Waals surface area contributed by atoms with E-state index < -0.39 is 6.17 Å². The molecule has 1 amide bonds. The Bertz CT molecular complexity index is 1070. The summed E-state index contributed by atoms with van der Waals surface area (Å²) in [5, 5.41) is 14.2. The Hall–Kier alpha value is -3.19. The Labute approximate surface area is 176 Å². The number of nitrogens with zero attached hydrogens (tertiary/aromatic N) is 1. The monoisotopic (exact) mass is 454 g/mol. The van der Waals surface area contributed by atoms with E-state index in [1.165, 1.54) is 7.11 Å². The van der Waals surface area contributed by atoms with E-state index in [0.29, 0.717) is 34.0 Å². The maximum absolute atomic E-state index is 13.4. The van der Waals surface area contributed by atoms with E-state index in [9.17, 15) is 9.90 Å². The summed E-state index contributed by atoms with van der Waals surface area (Å²) in [5.74, 6) is 0.805. The molecule has 7 heteroatoms. The van der Waals surface area contributed by atoms with Gasteiger partial charge in [-0.1, -0.05) is 28.1 Å². The molecule has 1 aliphatic rings. The van der Waals surface area contributed by atoms with Crippen LogP contribution in [0.4, 0.5) is 11.4 Å². The molecule has 1 atom stereocenters. The molecule has 1 heterocycles. The minimum absolute atomic E-state index is 0.0288. The van der Waals surface area contributed by atoms with Crippen molar-refractivity contribution in [1.82, 2.24) is 0 Å². The molecule has 0 saturated heterocycles. The number of carbonyl (C=O) groups excluding carboxylic acids is 1. The SMILES string of the molecule is COc1ccc(N2C(=O)c3ccccc3NC2c2cc(Br)cc(OC)c2O)cc1. The maximum atomic E-state index is 13.4. The number of fused-ring (bicyclic) bond motifs is 1. The van der Waals surface area contributed by atoms with Crippen molar-refractivity contribution < 1.29 is 19.4 Å². The minimum Gasteiger partial charge on any atom is -0.504 e. The summed E-state index contributed by atoms with van der Waals surface area (Å²) < 4.78 is 11.3. The number of anilines is 2. The van der Waals surface area contributed by atoms with Crippen LogP contribution in [-0.4, -0.2) is 25.2 Å². The molecule has 0 bridgehead atoms. The number of methoxy groups -OCH3 is 2. The first kappa shape index (κ1) is 19.1. The standard InChI is InChI=1S/C22H19BrN2O4/c1-28-15-9-7-14(8-10-15)25-21(17-11-13(23)12-19(29-2)20(17)26)24-18-6-4-3-5-16(18)22(25)27/h3-12,21,24,26H,1-2H3. The molecule has 0 radical (unpaired) electrons. The lowest BCUT2D eigenvalue weighted by Crippen LogP contribution is -2.43. The van der Waals surface area contributed by atoms with Crippen molar-refractivity contribution >= 4 is 33.2 Å². The Morgan fingerprint density at radius 2 is 1.76 bits per heavy atom. The number of hydrogen-bond acceptors (Lipinski definition) is 5. The van der Waals surface area contributed by atoms with Gasteiger partial charge >= 0.3 is 0 Å². The second-order valence-corrected chi connectivity index (χ2v) is 7.43. The summed E-state index contributed by atoms with van der Waals surface area (Å²) in [7, 11) is 3.08. The number of carbonyl (C=O) groups is 1. The van der Waals surface area contributed by atoms with Gasteiger partial charge in [0.1, 0.15) is 11.9 Å². The normalized spacial score (nSPS) is 15.5. The highest BCUT2D eigenvalue weighted by molar-refractivity contribution is 9.10. The van der Waals surface area contributed by atoms with Crippen molar-refractivity contribution in [3.63, 3.8) is 0 Å². The number of benzene rings is 3. The average molecular weight is 455 g/mol. The number of phenolic OH excluding ortho intramolecular Hbond substituents is 1. The van der Waals surface area contributed by atoms with Gasteiger partial charge in [-0.2, -0.15) is 0 Å². The van der Waals surface area contributed by atoms with E-state index in [1.54, 1.807) is 42.3 Å². The highest BCUT2D eigenvalue weighted by atomic mass is 79.9. The predicted molar refractivity (Wildman–Crippen MR) is 115 cm³/mol. The van der Waals surface area contributed by atoms with Crippen molar-refractivity contribution in [3.05, 3.63) is 76.3 Å². The zero-order chi connectivity index (χ0) is 20.5. The molecule has 29 heavy (non-hydrogen) atoms. The van der Waals surface area contributed by atoms with Crippen LogP contribution in [0.3, 0.4) is 0 Å². The van der Waals surface area contributed by atoms with Crippen LogP contribution in [-0.2, 0) is 0 Å². The van der Waals surface area contributed by atoms with Gasteiger partial charge in [0.2, 0.25) is 0 Å². The van der Waals surface area contributed by atoms with Crippen LogP contribution >= 0.6 is 15.9 Å². The lowest BCUT2D eigenvalue weighted by atomic mass is 10.0. The summed E-state index contributed by atoms with van der Waals surface area (Å²) in [4.78, 5) is 15.0. The number of halogens is 1. The molecule has 1 aliphatic heterocycles. The molecule has 0 fully saturated rings. The number of ether oxygens (including phenoxy) is 2. The molecule has 3 aromatic carbocycles. The van der Waals surface area contributed by atoms with Gasteiger partial charge in [-0.3, -0.25) is 9.69 Å². The zero-order valence-electron chi connectivity index (χ0n) is 15.8. The van der Waals surface area contributed by atoms with E-state index in [-0.39, 0.29) is 11.7 Å². The molecule has 6 nitrogen and oxygen atoms in total. The van der Waals surface area contributed by atoms with E-state index in [0.717, 1.165) is 4.47 Å². The largest absolute Gasteiger partial charge is 0.504 e. The van der Waals surface area contributed by atoms with Crippen LogP contribution in [0.5, 0.6) is 17.2 Å². The van der Waals surface area contributed by atoms with Gasteiger partial charge < -0.3 is 19.9 Å². The van der Waals surface area contributed by atoms with Crippen LogP contribution in [0.1, 0.15) is 22.1 Å². The van der Waals surface area contributed by atoms with Gasteiger partial charge in [0, 0.05) is 21.4 Å². The second kappa shape index (κ2) is 7.67. The first-order valence-electron chi connectivity index (χ1n) is 8.93. The van der Waals surface area contributed by atoms with Crippen molar-refractivity contribution in [3.8, 4) is 17.2 Å². The van der Waals surface area contributed by atoms with Gasteiger partial charge in [0.05, 0.1) is 19.8 Å². The lowest BCUT2D eigenvalue weighted by molar-refractivity contribution is 0.0974. The van der Waals surface area contributed by atoms with Gasteiger partial charge in [-0.15, -0.1) is 0 Å². The Balaban J connectivity index is 1.90.